The summed E-state index contributed by atoms with van der Waals surface area (Å²) in [7, 11) is 0. The molecule has 0 bridgehead atoms. The molecule has 7 heteroatoms. The molecule has 1 aliphatic rings. The van der Waals surface area contributed by atoms with E-state index < -0.39 is 23.3 Å². The van der Waals surface area contributed by atoms with Crippen LogP contribution < -0.4 is 10.2 Å². The van der Waals surface area contributed by atoms with E-state index in [-0.39, 0.29) is 0 Å². The van der Waals surface area contributed by atoms with Gasteiger partial charge in [0.1, 0.15) is 5.41 Å². The van der Waals surface area contributed by atoms with Crippen molar-refractivity contribution in [3.8, 4) is 0 Å². The number of benzene rings is 1. The number of halogens is 2. The number of rotatable bonds is 1. The zero-order chi connectivity index (χ0) is 14.4. The van der Waals surface area contributed by atoms with E-state index in [1.54, 1.807) is 12.1 Å². The van der Waals surface area contributed by atoms with Gasteiger partial charge in [-0.1, -0.05) is 11.6 Å². The van der Waals surface area contributed by atoms with Crippen molar-refractivity contribution in [2.24, 2.45) is 5.41 Å². The number of nitrogens with one attached hydrogen (secondary N) is 1. The van der Waals surface area contributed by atoms with Crippen molar-refractivity contribution in [1.29, 1.82) is 0 Å². The largest absolute Gasteiger partial charge is 0.335 e. The molecule has 1 N–H and O–H groups in total. The van der Waals surface area contributed by atoms with E-state index in [2.05, 4.69) is 21.2 Å². The molecule has 0 aliphatic carbocycles. The molecule has 1 heterocycles. The van der Waals surface area contributed by atoms with Crippen molar-refractivity contribution in [1.82, 2.24) is 5.32 Å². The molecule has 1 aromatic carbocycles. The first-order chi connectivity index (χ1) is 8.75. The summed E-state index contributed by atoms with van der Waals surface area (Å²) in [5, 5.41) is 2.52. The predicted octanol–water partition coefficient (Wildman–Crippen LogP) is 2.71. The van der Waals surface area contributed by atoms with Crippen molar-refractivity contribution in [3.63, 3.8) is 0 Å². The second kappa shape index (κ2) is 4.61. The lowest BCUT2D eigenvalue weighted by Gasteiger charge is -2.34. The molecule has 0 saturated carbocycles. The zero-order valence-corrected chi connectivity index (χ0v) is 12.5. The summed E-state index contributed by atoms with van der Waals surface area (Å²) in [6.07, 6.45) is 0. The van der Waals surface area contributed by atoms with Crippen LogP contribution in [0, 0.1) is 5.41 Å². The highest BCUT2D eigenvalue weighted by Crippen LogP contribution is 2.32. The lowest BCUT2D eigenvalue weighted by molar-refractivity contribution is -0.140. The third kappa shape index (κ3) is 2.26. The van der Waals surface area contributed by atoms with Crippen LogP contribution in [0.4, 0.5) is 10.5 Å². The van der Waals surface area contributed by atoms with Crippen molar-refractivity contribution in [2.75, 3.05) is 4.90 Å². The zero-order valence-electron chi connectivity index (χ0n) is 10.2. The second-order valence-corrected chi connectivity index (χ2v) is 5.88. The summed E-state index contributed by atoms with van der Waals surface area (Å²) < 4.78 is 0.651. The number of amides is 4. The minimum Gasteiger partial charge on any atom is -0.276 e. The molecule has 1 saturated heterocycles. The maximum absolute atomic E-state index is 12.3. The maximum atomic E-state index is 12.3. The molecule has 4 amide bonds. The molecule has 1 aliphatic heterocycles. The van der Waals surface area contributed by atoms with Gasteiger partial charge in [0.2, 0.25) is 11.8 Å². The van der Waals surface area contributed by atoms with Crippen molar-refractivity contribution < 1.29 is 14.4 Å². The fourth-order valence-corrected chi connectivity index (χ4v) is 2.06. The van der Waals surface area contributed by atoms with Gasteiger partial charge >= 0.3 is 6.03 Å². The normalized spacial score (nSPS) is 18.5. The van der Waals surface area contributed by atoms with E-state index >= 15 is 0 Å². The summed E-state index contributed by atoms with van der Waals surface area (Å²) in [4.78, 5) is 36.6. The molecule has 1 aromatic rings. The van der Waals surface area contributed by atoms with Crippen LogP contribution >= 0.6 is 27.5 Å². The Kier molecular flexibility index (Phi) is 3.40. The van der Waals surface area contributed by atoms with Crippen LogP contribution in [-0.4, -0.2) is 17.8 Å². The SMILES string of the molecule is CC1(C)C(=O)NC(=O)N(c2ccc(Br)c(Cl)c2)C1=O. The lowest BCUT2D eigenvalue weighted by Crippen LogP contribution is -2.62. The van der Waals surface area contributed by atoms with Gasteiger partial charge in [0.15, 0.2) is 0 Å². The molecule has 5 nitrogen and oxygen atoms in total. The Morgan fingerprint density at radius 1 is 1.26 bits per heavy atom. The van der Waals surface area contributed by atoms with Gasteiger partial charge < -0.3 is 0 Å². The number of imide groups is 2. The Bertz CT molecular complexity index is 601. The second-order valence-electron chi connectivity index (χ2n) is 4.62. The van der Waals surface area contributed by atoms with Gasteiger partial charge in [-0.25, -0.2) is 9.69 Å². The summed E-state index contributed by atoms with van der Waals surface area (Å²) in [5.74, 6) is -1.19. The van der Waals surface area contributed by atoms with Gasteiger partial charge in [-0.2, -0.15) is 0 Å². The van der Waals surface area contributed by atoms with E-state index in [0.29, 0.717) is 15.2 Å². The Morgan fingerprint density at radius 2 is 1.89 bits per heavy atom. The fraction of sp³-hybridized carbons (Fsp3) is 0.250. The monoisotopic (exact) mass is 344 g/mol. The molecule has 100 valence electrons. The highest BCUT2D eigenvalue weighted by molar-refractivity contribution is 9.10. The molecule has 2 rings (SSSR count). The molecule has 0 radical (unpaired) electrons. The van der Waals surface area contributed by atoms with Crippen LogP contribution in [0.1, 0.15) is 13.8 Å². The van der Waals surface area contributed by atoms with Gasteiger partial charge in [-0.05, 0) is 48.0 Å². The summed E-state index contributed by atoms with van der Waals surface area (Å²) in [6.45, 7) is 2.93. The molecule has 19 heavy (non-hydrogen) atoms. The van der Waals surface area contributed by atoms with E-state index in [9.17, 15) is 14.4 Å². The van der Waals surface area contributed by atoms with Crippen molar-refractivity contribution in [3.05, 3.63) is 27.7 Å². The average molecular weight is 346 g/mol. The number of hydrogen-bond acceptors (Lipinski definition) is 3. The smallest absolute Gasteiger partial charge is 0.276 e. The quantitative estimate of drug-likeness (QED) is 0.796. The Morgan fingerprint density at radius 3 is 2.47 bits per heavy atom. The Balaban J connectivity index is 2.48. The van der Waals surface area contributed by atoms with Gasteiger partial charge in [0, 0.05) is 4.47 Å². The van der Waals surface area contributed by atoms with Crippen LogP contribution in [0.25, 0.3) is 0 Å². The van der Waals surface area contributed by atoms with Crippen LogP contribution in [0.3, 0.4) is 0 Å². The molecule has 0 atom stereocenters. The van der Waals surface area contributed by atoms with E-state index in [0.717, 1.165) is 4.90 Å². The highest BCUT2D eigenvalue weighted by Gasteiger charge is 2.47. The lowest BCUT2D eigenvalue weighted by atomic mass is 9.88. The van der Waals surface area contributed by atoms with E-state index in [1.165, 1.54) is 19.9 Å². The predicted molar refractivity (Wildman–Crippen MR) is 74.0 cm³/mol. The molecule has 0 unspecified atom stereocenters. The summed E-state index contributed by atoms with van der Waals surface area (Å²) in [6, 6.07) is 3.91. The first-order valence-corrected chi connectivity index (χ1v) is 6.57. The number of carbonyl (C=O) groups excluding carboxylic acids is 3. The van der Waals surface area contributed by atoms with Gasteiger partial charge in [-0.15, -0.1) is 0 Å². The number of hydrogen-bond donors (Lipinski definition) is 1. The van der Waals surface area contributed by atoms with Gasteiger partial charge in [0.05, 0.1) is 10.7 Å². The number of nitrogens with zero attached hydrogens (tertiary/aromatic N) is 1. The van der Waals surface area contributed by atoms with Crippen LogP contribution in [0.5, 0.6) is 0 Å². The van der Waals surface area contributed by atoms with E-state index in [4.69, 9.17) is 11.6 Å². The van der Waals surface area contributed by atoms with Gasteiger partial charge in [0.25, 0.3) is 0 Å². The molecular formula is C12H10BrClN2O3. The minimum absolute atomic E-state index is 0.316. The van der Waals surface area contributed by atoms with Crippen LogP contribution in [-0.2, 0) is 9.59 Å². The standard InChI is InChI=1S/C12H10BrClN2O3/c1-12(2)9(17)15-11(19)16(10(12)18)6-3-4-7(13)8(14)5-6/h3-5H,1-2H3,(H,15,17,19). The van der Waals surface area contributed by atoms with Crippen molar-refractivity contribution in [2.45, 2.75) is 13.8 Å². The number of urea groups is 1. The summed E-state index contributed by atoms with van der Waals surface area (Å²) >= 11 is 9.17. The maximum Gasteiger partial charge on any atom is 0.335 e. The minimum atomic E-state index is -1.30. The van der Waals surface area contributed by atoms with Gasteiger partial charge in [-0.3, -0.25) is 14.9 Å². The summed E-state index contributed by atoms with van der Waals surface area (Å²) in [5.41, 5.74) is -0.982. The Labute approximate surface area is 123 Å². The highest BCUT2D eigenvalue weighted by atomic mass is 79.9. The molecular weight excluding hydrogens is 336 g/mol. The Hall–Kier alpha value is -1.40. The topological polar surface area (TPSA) is 66.5 Å². The third-order valence-corrected chi connectivity index (χ3v) is 4.12. The van der Waals surface area contributed by atoms with Crippen LogP contribution in [0.2, 0.25) is 5.02 Å². The van der Waals surface area contributed by atoms with E-state index in [1.807, 2.05) is 0 Å². The first-order valence-electron chi connectivity index (χ1n) is 5.40. The van der Waals surface area contributed by atoms with Crippen LogP contribution in [0.15, 0.2) is 22.7 Å². The molecule has 0 aromatic heterocycles. The molecule has 1 fully saturated rings. The number of carbonyl (C=O) groups is 3. The average Bonchev–Trinajstić information content (AvgIpc) is 2.32. The molecule has 0 spiro atoms. The fourth-order valence-electron chi connectivity index (χ4n) is 1.64. The number of barbiturate groups is 1. The third-order valence-electron chi connectivity index (χ3n) is 2.89. The first kappa shape index (κ1) is 14.0. The number of anilines is 1. The van der Waals surface area contributed by atoms with Crippen molar-refractivity contribution >= 4 is 51.1 Å².